The first-order chi connectivity index (χ1) is 25.3. The molecule has 8 heteroatoms. The highest BCUT2D eigenvalue weighted by Crippen LogP contribution is 2.60. The molecule has 10 rings (SSSR count). The maximum Gasteiger partial charge on any atom is 0.183 e. The zero-order chi connectivity index (χ0) is 35.5. The molecule has 2 heterocycles. The summed E-state index contributed by atoms with van der Waals surface area (Å²) in [4.78, 5) is 69.9. The zero-order valence-corrected chi connectivity index (χ0v) is 29.7. The van der Waals surface area contributed by atoms with Gasteiger partial charge in [0, 0.05) is 55.9 Å². The van der Waals surface area contributed by atoms with Crippen molar-refractivity contribution in [2.75, 3.05) is 23.9 Å². The van der Waals surface area contributed by atoms with Crippen molar-refractivity contribution in [1.29, 1.82) is 0 Å². The first-order valence-corrected chi connectivity index (χ1v) is 18.6. The van der Waals surface area contributed by atoms with Crippen LogP contribution in [0.25, 0.3) is 0 Å². The second-order valence-corrected chi connectivity index (χ2v) is 15.7. The number of Topliss-reactive ketones (excluding diaryl/α,β-unsaturated/α-hetero) is 4. The summed E-state index contributed by atoms with van der Waals surface area (Å²) < 4.78 is 0. The van der Waals surface area contributed by atoms with E-state index in [2.05, 4.69) is 9.80 Å². The van der Waals surface area contributed by atoms with Gasteiger partial charge in [-0.1, -0.05) is 108 Å². The summed E-state index contributed by atoms with van der Waals surface area (Å²) in [6, 6.07) is 40.6. The van der Waals surface area contributed by atoms with E-state index in [-0.39, 0.29) is 22.3 Å². The predicted octanol–water partition coefficient (Wildman–Crippen LogP) is 9.49. The minimum atomic E-state index is -2.23. The molecule has 0 saturated carbocycles. The Labute approximate surface area is 308 Å². The fourth-order valence-corrected chi connectivity index (χ4v) is 11.1. The molecule has 0 aromatic heterocycles. The molecule has 0 saturated heterocycles. The maximum atomic E-state index is 15.5. The van der Waals surface area contributed by atoms with Crippen molar-refractivity contribution in [2.45, 2.75) is 30.4 Å². The molecule has 0 amide bonds. The number of carbonyl (C=O) groups is 4. The van der Waals surface area contributed by atoms with Gasteiger partial charge in [-0.2, -0.15) is 0 Å². The lowest BCUT2D eigenvalue weighted by atomic mass is 9.52. The average Bonchev–Trinajstić information content (AvgIpc) is 3.55. The highest BCUT2D eigenvalue weighted by molar-refractivity contribution is 8.00. The first-order valence-electron chi connectivity index (χ1n) is 17.0. The second-order valence-electron chi connectivity index (χ2n) is 13.5. The van der Waals surface area contributed by atoms with Crippen molar-refractivity contribution in [3.05, 3.63) is 167 Å². The smallest absolute Gasteiger partial charge is 0.183 e. The van der Waals surface area contributed by atoms with Gasteiger partial charge in [0.25, 0.3) is 0 Å². The van der Waals surface area contributed by atoms with E-state index in [4.69, 9.17) is 0 Å². The minimum Gasteiger partial charge on any atom is -0.343 e. The van der Waals surface area contributed by atoms with Crippen LogP contribution >= 0.6 is 23.5 Å². The summed E-state index contributed by atoms with van der Waals surface area (Å²) in [6.07, 6.45) is 0. The third-order valence-electron chi connectivity index (χ3n) is 11.2. The summed E-state index contributed by atoms with van der Waals surface area (Å²) in [5.74, 6) is -2.20. The van der Waals surface area contributed by atoms with E-state index in [0.717, 1.165) is 42.3 Å². The lowest BCUT2D eigenvalue weighted by Gasteiger charge is -2.43. The van der Waals surface area contributed by atoms with Crippen LogP contribution in [0, 0.1) is 0 Å². The SMILES string of the molecule is CN1c2ccccc2Sc2cc(C3(C4(c5ccc6c(c5)Sc5ccccc5N6C)C(=O)c5ccccc5C4=O)C(=O)c4ccccc4C3=O)ccc21. The highest BCUT2D eigenvalue weighted by atomic mass is 32.2. The number of carbonyl (C=O) groups excluding carboxylic acids is 4. The van der Waals surface area contributed by atoms with Gasteiger partial charge in [0.15, 0.2) is 23.1 Å². The van der Waals surface area contributed by atoms with Crippen molar-refractivity contribution >= 4 is 69.4 Å². The van der Waals surface area contributed by atoms with Crippen LogP contribution in [-0.2, 0) is 10.8 Å². The first kappa shape index (κ1) is 31.1. The van der Waals surface area contributed by atoms with Crippen LogP contribution in [0.15, 0.2) is 153 Å². The topological polar surface area (TPSA) is 74.8 Å². The van der Waals surface area contributed by atoms with Crippen molar-refractivity contribution in [1.82, 2.24) is 0 Å². The Balaban J connectivity index is 1.29. The minimum absolute atomic E-state index is 0.206. The number of anilines is 4. The van der Waals surface area contributed by atoms with Gasteiger partial charge in [0.1, 0.15) is 10.8 Å². The Morgan fingerprint density at radius 1 is 0.385 bits per heavy atom. The van der Waals surface area contributed by atoms with E-state index < -0.39 is 34.0 Å². The van der Waals surface area contributed by atoms with Gasteiger partial charge in [0.2, 0.25) is 0 Å². The van der Waals surface area contributed by atoms with Gasteiger partial charge in [-0.15, -0.1) is 0 Å². The summed E-state index contributed by atoms with van der Waals surface area (Å²) >= 11 is 3.08. The molecule has 0 fully saturated rings. The van der Waals surface area contributed by atoms with E-state index in [0.29, 0.717) is 11.1 Å². The number of hydrogen-bond donors (Lipinski definition) is 0. The predicted molar refractivity (Wildman–Crippen MR) is 204 cm³/mol. The number of hydrogen-bond acceptors (Lipinski definition) is 8. The molecular weight excluding hydrogens is 685 g/mol. The molecule has 0 bridgehead atoms. The lowest BCUT2D eigenvalue weighted by Crippen LogP contribution is -2.62. The summed E-state index contributed by atoms with van der Waals surface area (Å²) in [7, 11) is 3.97. The molecule has 2 aliphatic carbocycles. The Kier molecular flexibility index (Phi) is 6.51. The fourth-order valence-electron chi connectivity index (χ4n) is 8.76. The second kappa shape index (κ2) is 10.9. The standard InChI is InChI=1S/C44H28N2O4S2/c1-45-31-15-7-9-17-35(31)51-37-23-25(19-21-33(37)45)43(39(47)27-11-3-4-12-28(27)40(43)48)44(41(49)29-13-5-6-14-30(29)42(44)50)26-20-22-34-38(24-26)52-36-18-10-8-16-32(36)46(34)2/h3-24H,1-2H3. The van der Waals surface area contributed by atoms with E-state index in [1.807, 2.05) is 86.9 Å². The molecule has 6 aromatic carbocycles. The molecule has 6 aromatic rings. The number of benzene rings is 6. The largest absolute Gasteiger partial charge is 0.343 e. The van der Waals surface area contributed by atoms with Crippen LogP contribution in [-0.4, -0.2) is 37.2 Å². The lowest BCUT2D eigenvalue weighted by molar-refractivity contribution is 0.0557. The number of nitrogens with zero attached hydrogens (tertiary/aromatic N) is 2. The average molecular weight is 713 g/mol. The van der Waals surface area contributed by atoms with Gasteiger partial charge >= 0.3 is 0 Å². The van der Waals surface area contributed by atoms with Crippen molar-refractivity contribution in [3.63, 3.8) is 0 Å². The number of para-hydroxylation sites is 2. The highest BCUT2D eigenvalue weighted by Gasteiger charge is 2.75. The molecule has 52 heavy (non-hydrogen) atoms. The van der Waals surface area contributed by atoms with E-state index in [1.54, 1.807) is 60.7 Å². The van der Waals surface area contributed by atoms with Crippen LogP contribution in [0.4, 0.5) is 22.7 Å². The van der Waals surface area contributed by atoms with Crippen molar-refractivity contribution < 1.29 is 19.2 Å². The number of rotatable bonds is 3. The zero-order valence-electron chi connectivity index (χ0n) is 28.0. The molecular formula is C44H28N2O4S2. The van der Waals surface area contributed by atoms with Gasteiger partial charge in [-0.05, 0) is 59.7 Å². The summed E-state index contributed by atoms with van der Waals surface area (Å²) in [5, 5.41) is 0. The molecule has 0 unspecified atom stereocenters. The third-order valence-corrected chi connectivity index (χ3v) is 13.4. The monoisotopic (exact) mass is 712 g/mol. The summed E-state index contributed by atoms with van der Waals surface area (Å²) in [5.41, 5.74) is 0.864. The summed E-state index contributed by atoms with van der Waals surface area (Å²) in [6.45, 7) is 0. The Morgan fingerprint density at radius 2 is 0.692 bits per heavy atom. The molecule has 0 atom stereocenters. The van der Waals surface area contributed by atoms with E-state index >= 15 is 19.2 Å². The normalized spacial score (nSPS) is 17.3. The number of ketones is 4. The van der Waals surface area contributed by atoms with Crippen LogP contribution in [0.2, 0.25) is 0 Å². The van der Waals surface area contributed by atoms with Crippen LogP contribution in [0.3, 0.4) is 0 Å². The Bertz CT molecular complexity index is 2380. The van der Waals surface area contributed by atoms with Crippen LogP contribution < -0.4 is 9.80 Å². The molecule has 6 nitrogen and oxygen atoms in total. The van der Waals surface area contributed by atoms with E-state index in [9.17, 15) is 0 Å². The van der Waals surface area contributed by atoms with Gasteiger partial charge in [0.05, 0.1) is 22.7 Å². The van der Waals surface area contributed by atoms with Crippen LogP contribution in [0.5, 0.6) is 0 Å². The van der Waals surface area contributed by atoms with Crippen molar-refractivity contribution in [3.8, 4) is 0 Å². The number of fused-ring (bicyclic) bond motifs is 6. The van der Waals surface area contributed by atoms with Crippen LogP contribution in [0.1, 0.15) is 52.6 Å². The van der Waals surface area contributed by atoms with Gasteiger partial charge in [-0.25, -0.2) is 0 Å². The molecule has 0 N–H and O–H groups in total. The van der Waals surface area contributed by atoms with Crippen molar-refractivity contribution in [2.24, 2.45) is 0 Å². The van der Waals surface area contributed by atoms with Gasteiger partial charge in [-0.3, -0.25) is 19.2 Å². The third kappa shape index (κ3) is 3.73. The van der Waals surface area contributed by atoms with Gasteiger partial charge < -0.3 is 9.80 Å². The quantitative estimate of drug-likeness (QED) is 0.168. The molecule has 0 radical (unpaired) electrons. The molecule has 0 spiro atoms. The molecule has 2 aliphatic heterocycles. The molecule has 4 aliphatic rings. The fraction of sp³-hybridized carbons (Fsp3) is 0.0909. The Morgan fingerprint density at radius 3 is 1.06 bits per heavy atom. The Hall–Kier alpha value is -5.70. The maximum absolute atomic E-state index is 15.5. The molecule has 250 valence electrons. The van der Waals surface area contributed by atoms with E-state index in [1.165, 1.54) is 23.5 Å².